The van der Waals surface area contributed by atoms with E-state index in [9.17, 15) is 9.90 Å². The fourth-order valence-corrected chi connectivity index (χ4v) is 4.30. The van der Waals surface area contributed by atoms with Gasteiger partial charge in [0.15, 0.2) is 0 Å². The molecule has 2 saturated heterocycles. The molecule has 2 heterocycles. The molecule has 2 aliphatic heterocycles. The molecule has 4 nitrogen and oxygen atoms in total. The van der Waals surface area contributed by atoms with Gasteiger partial charge in [-0.05, 0) is 71.6 Å². The zero-order chi connectivity index (χ0) is 17.5. The molecule has 0 amide bonds. The second-order valence-corrected chi connectivity index (χ2v) is 8.65. The summed E-state index contributed by atoms with van der Waals surface area (Å²) in [4.78, 5) is 12.3. The van der Waals surface area contributed by atoms with Crippen LogP contribution in [0.25, 0.3) is 0 Å². The number of ether oxygens (including phenoxy) is 2. The lowest BCUT2D eigenvalue weighted by Gasteiger charge is -2.40. The normalized spacial score (nSPS) is 49.2. The zero-order valence-electron chi connectivity index (χ0n) is 15.5. The molecule has 0 aromatic carbocycles. The summed E-state index contributed by atoms with van der Waals surface area (Å²) in [6, 6.07) is 0. The summed E-state index contributed by atoms with van der Waals surface area (Å²) in [5.41, 5.74) is 0.369. The molecule has 136 valence electrons. The van der Waals surface area contributed by atoms with Gasteiger partial charge in [0.25, 0.3) is 0 Å². The van der Waals surface area contributed by atoms with Gasteiger partial charge < -0.3 is 14.6 Å². The van der Waals surface area contributed by atoms with Crippen molar-refractivity contribution >= 4 is 5.97 Å². The van der Waals surface area contributed by atoms with Crippen molar-refractivity contribution in [3.8, 4) is 0 Å². The largest absolute Gasteiger partial charge is 0.459 e. The lowest BCUT2D eigenvalue weighted by molar-refractivity contribution is -0.184. The highest BCUT2D eigenvalue weighted by Gasteiger charge is 2.52. The van der Waals surface area contributed by atoms with E-state index < -0.39 is 11.7 Å². The van der Waals surface area contributed by atoms with Gasteiger partial charge in [0, 0.05) is 0 Å². The fourth-order valence-electron chi connectivity index (χ4n) is 4.30. The fraction of sp³-hybridized carbons (Fsp3) is 0.850. The monoisotopic (exact) mass is 336 g/mol. The molecule has 0 spiro atoms. The third-order valence-electron chi connectivity index (χ3n) is 6.54. The Morgan fingerprint density at radius 2 is 1.96 bits per heavy atom. The first kappa shape index (κ1) is 17.9. The predicted molar refractivity (Wildman–Crippen MR) is 92.5 cm³/mol. The number of hydrogen-bond acceptors (Lipinski definition) is 4. The minimum atomic E-state index is -0.961. The quantitative estimate of drug-likeness (QED) is 0.416. The van der Waals surface area contributed by atoms with Crippen molar-refractivity contribution in [1.29, 1.82) is 0 Å². The summed E-state index contributed by atoms with van der Waals surface area (Å²) in [5.74, 6) is 0.0197. The Morgan fingerprint density at radius 3 is 2.71 bits per heavy atom. The minimum Gasteiger partial charge on any atom is -0.459 e. The Kier molecular flexibility index (Phi) is 4.82. The number of allylic oxidation sites excluding steroid dienone is 2. The maximum atomic E-state index is 12.3. The molecule has 24 heavy (non-hydrogen) atoms. The van der Waals surface area contributed by atoms with Crippen LogP contribution >= 0.6 is 0 Å². The van der Waals surface area contributed by atoms with Gasteiger partial charge in [-0.2, -0.15) is 0 Å². The molecular formula is C20H32O4. The molecular weight excluding hydrogens is 304 g/mol. The van der Waals surface area contributed by atoms with E-state index in [-0.39, 0.29) is 23.4 Å². The number of carbonyl (C=O) groups excluding carboxylic acids is 1. The van der Waals surface area contributed by atoms with Crippen molar-refractivity contribution in [2.24, 2.45) is 11.8 Å². The van der Waals surface area contributed by atoms with E-state index in [1.54, 1.807) is 0 Å². The topological polar surface area (TPSA) is 59.1 Å². The van der Waals surface area contributed by atoms with Crippen molar-refractivity contribution in [3.63, 3.8) is 0 Å². The highest BCUT2D eigenvalue weighted by molar-refractivity contribution is 5.73. The molecule has 0 radical (unpaired) electrons. The van der Waals surface area contributed by atoms with Crippen LogP contribution < -0.4 is 0 Å². The van der Waals surface area contributed by atoms with E-state index in [0.717, 1.165) is 38.5 Å². The molecule has 3 rings (SSSR count). The Labute approximate surface area is 145 Å². The first-order valence-corrected chi connectivity index (χ1v) is 9.47. The molecule has 1 N–H and O–H groups in total. The highest BCUT2D eigenvalue weighted by atomic mass is 16.6. The lowest BCUT2D eigenvalue weighted by Crippen LogP contribution is -2.49. The van der Waals surface area contributed by atoms with Crippen LogP contribution in [0, 0.1) is 11.8 Å². The van der Waals surface area contributed by atoms with Gasteiger partial charge >= 0.3 is 5.97 Å². The number of carbonyl (C=O) groups is 1. The molecule has 2 fully saturated rings. The standard InChI is InChI=1S/C20H32O4/c1-13-6-5-10-19(3,22)17-12-15(14(2)18(21)23-17)9-11-20(4)16(24-20)8-7-13/h6,14-17,22H,5,7-12H2,1-4H3/b13-6+. The first-order chi connectivity index (χ1) is 11.2. The number of fused-ring (bicyclic) bond motifs is 3. The molecule has 1 aliphatic carbocycles. The zero-order valence-corrected chi connectivity index (χ0v) is 15.5. The third-order valence-corrected chi connectivity index (χ3v) is 6.54. The average molecular weight is 336 g/mol. The van der Waals surface area contributed by atoms with E-state index in [2.05, 4.69) is 19.9 Å². The maximum absolute atomic E-state index is 12.3. The summed E-state index contributed by atoms with van der Waals surface area (Å²) in [7, 11) is 0. The number of epoxide rings is 1. The molecule has 6 atom stereocenters. The predicted octanol–water partition coefficient (Wildman–Crippen LogP) is 3.76. The Morgan fingerprint density at radius 1 is 1.21 bits per heavy atom. The van der Waals surface area contributed by atoms with Crippen LogP contribution in [0.15, 0.2) is 11.6 Å². The van der Waals surface area contributed by atoms with Gasteiger partial charge in [-0.1, -0.05) is 18.6 Å². The van der Waals surface area contributed by atoms with Crippen LogP contribution in [0.4, 0.5) is 0 Å². The first-order valence-electron chi connectivity index (χ1n) is 9.47. The molecule has 0 saturated carbocycles. The van der Waals surface area contributed by atoms with Crippen LogP contribution in [0.3, 0.4) is 0 Å². The second kappa shape index (κ2) is 6.45. The van der Waals surface area contributed by atoms with Gasteiger partial charge in [0.05, 0.1) is 23.2 Å². The smallest absolute Gasteiger partial charge is 0.309 e. The molecule has 6 unspecified atom stereocenters. The summed E-state index contributed by atoms with van der Waals surface area (Å²) >= 11 is 0. The van der Waals surface area contributed by atoms with Crippen molar-refractivity contribution in [2.45, 2.75) is 96.1 Å². The Bertz CT molecular complexity index is 524. The van der Waals surface area contributed by atoms with E-state index in [4.69, 9.17) is 9.47 Å². The summed E-state index contributed by atoms with van der Waals surface area (Å²) < 4.78 is 11.6. The van der Waals surface area contributed by atoms with Crippen molar-refractivity contribution < 1.29 is 19.4 Å². The Balaban J connectivity index is 1.78. The van der Waals surface area contributed by atoms with E-state index in [1.807, 2.05) is 13.8 Å². The highest BCUT2D eigenvalue weighted by Crippen LogP contribution is 2.46. The number of aliphatic hydroxyl groups is 1. The van der Waals surface area contributed by atoms with Gasteiger partial charge in [0.2, 0.25) is 0 Å². The number of hydrogen-bond donors (Lipinski definition) is 1. The maximum Gasteiger partial charge on any atom is 0.309 e. The Hall–Kier alpha value is -0.870. The molecule has 0 aromatic heterocycles. The van der Waals surface area contributed by atoms with Crippen LogP contribution in [0.2, 0.25) is 0 Å². The second-order valence-electron chi connectivity index (χ2n) is 8.65. The molecule has 4 heteroatoms. The lowest BCUT2D eigenvalue weighted by atomic mass is 9.76. The van der Waals surface area contributed by atoms with E-state index >= 15 is 0 Å². The van der Waals surface area contributed by atoms with Crippen molar-refractivity contribution in [2.75, 3.05) is 0 Å². The van der Waals surface area contributed by atoms with E-state index in [1.165, 1.54) is 5.57 Å². The van der Waals surface area contributed by atoms with Gasteiger partial charge in [-0.15, -0.1) is 0 Å². The minimum absolute atomic E-state index is 0.0243. The van der Waals surface area contributed by atoms with Crippen molar-refractivity contribution in [3.05, 3.63) is 11.6 Å². The summed E-state index contributed by atoms with van der Waals surface area (Å²) in [5, 5.41) is 10.9. The summed E-state index contributed by atoms with van der Waals surface area (Å²) in [6.07, 6.45) is 8.44. The third kappa shape index (κ3) is 3.70. The molecule has 3 aliphatic rings. The van der Waals surface area contributed by atoms with Crippen LogP contribution in [0.5, 0.6) is 0 Å². The van der Waals surface area contributed by atoms with Crippen LogP contribution in [-0.2, 0) is 14.3 Å². The van der Waals surface area contributed by atoms with E-state index in [0.29, 0.717) is 12.5 Å². The molecule has 2 bridgehead atoms. The van der Waals surface area contributed by atoms with Gasteiger partial charge in [-0.25, -0.2) is 0 Å². The molecule has 0 aromatic rings. The van der Waals surface area contributed by atoms with Crippen molar-refractivity contribution in [1.82, 2.24) is 0 Å². The number of esters is 1. The average Bonchev–Trinajstić information content (AvgIpc) is 3.16. The van der Waals surface area contributed by atoms with Crippen LogP contribution in [-0.4, -0.2) is 34.5 Å². The summed E-state index contributed by atoms with van der Waals surface area (Å²) in [6.45, 7) is 8.12. The van der Waals surface area contributed by atoms with Gasteiger partial charge in [0.1, 0.15) is 6.10 Å². The van der Waals surface area contributed by atoms with Crippen LogP contribution in [0.1, 0.15) is 72.6 Å². The SMILES string of the molecule is C/C1=C\CCC(C)(O)C2CC(CCC3(C)OC3CC1)C(C)C(=O)O2. The van der Waals surface area contributed by atoms with Gasteiger partial charge in [-0.3, -0.25) is 4.79 Å². The number of rotatable bonds is 0.